The van der Waals surface area contributed by atoms with Crippen molar-refractivity contribution in [2.45, 2.75) is 29.4 Å². The number of rotatable bonds is 4. The predicted octanol–water partition coefficient (Wildman–Crippen LogP) is 4.13. The average molecular weight is 354 g/mol. The largest absolute Gasteiger partial charge is 0.383 e. The maximum atomic E-state index is 13.6. The molecule has 0 bridgehead atoms. The first-order valence-corrected chi connectivity index (χ1v) is 8.12. The SMILES string of the molecule is Nc1nc(CSc2ccccc2F)nc(C2CC2)c1Br. The van der Waals surface area contributed by atoms with E-state index in [2.05, 4.69) is 25.9 Å². The zero-order valence-electron chi connectivity index (χ0n) is 10.6. The van der Waals surface area contributed by atoms with Crippen molar-refractivity contribution in [1.29, 1.82) is 0 Å². The second kappa shape index (κ2) is 5.69. The van der Waals surface area contributed by atoms with Crippen LogP contribution in [0.4, 0.5) is 10.2 Å². The highest BCUT2D eigenvalue weighted by atomic mass is 79.9. The summed E-state index contributed by atoms with van der Waals surface area (Å²) in [6, 6.07) is 6.70. The van der Waals surface area contributed by atoms with Crippen molar-refractivity contribution in [3.63, 3.8) is 0 Å². The molecule has 0 unspecified atom stereocenters. The van der Waals surface area contributed by atoms with E-state index in [1.54, 1.807) is 12.1 Å². The first kappa shape index (κ1) is 13.8. The van der Waals surface area contributed by atoms with Gasteiger partial charge in [-0.05, 0) is 40.9 Å². The summed E-state index contributed by atoms with van der Waals surface area (Å²) in [5, 5.41) is 0. The Hall–Kier alpha value is -1.14. The fraction of sp³-hybridized carbons (Fsp3) is 0.286. The van der Waals surface area contributed by atoms with E-state index in [0.29, 0.717) is 28.2 Å². The Morgan fingerprint density at radius 3 is 2.75 bits per heavy atom. The van der Waals surface area contributed by atoms with Gasteiger partial charge in [0.1, 0.15) is 17.5 Å². The Morgan fingerprint density at radius 2 is 2.05 bits per heavy atom. The van der Waals surface area contributed by atoms with Gasteiger partial charge in [0.05, 0.1) is 15.9 Å². The van der Waals surface area contributed by atoms with Gasteiger partial charge < -0.3 is 5.73 Å². The quantitative estimate of drug-likeness (QED) is 0.839. The van der Waals surface area contributed by atoms with Gasteiger partial charge in [0.25, 0.3) is 0 Å². The van der Waals surface area contributed by atoms with Crippen LogP contribution in [0.3, 0.4) is 0 Å². The number of benzene rings is 1. The van der Waals surface area contributed by atoms with Gasteiger partial charge in [-0.15, -0.1) is 11.8 Å². The molecule has 0 spiro atoms. The van der Waals surface area contributed by atoms with Gasteiger partial charge in [-0.1, -0.05) is 12.1 Å². The van der Waals surface area contributed by atoms with Crippen LogP contribution in [-0.2, 0) is 5.75 Å². The summed E-state index contributed by atoms with van der Waals surface area (Å²) in [6.45, 7) is 0. The number of hydrogen-bond acceptors (Lipinski definition) is 4. The van der Waals surface area contributed by atoms with Crippen LogP contribution in [-0.4, -0.2) is 9.97 Å². The van der Waals surface area contributed by atoms with Crippen molar-refractivity contribution in [3.8, 4) is 0 Å². The van der Waals surface area contributed by atoms with E-state index in [1.165, 1.54) is 17.8 Å². The normalized spacial score (nSPS) is 14.5. The van der Waals surface area contributed by atoms with Crippen LogP contribution < -0.4 is 5.73 Å². The minimum absolute atomic E-state index is 0.218. The zero-order chi connectivity index (χ0) is 14.1. The smallest absolute Gasteiger partial charge is 0.141 e. The van der Waals surface area contributed by atoms with E-state index in [1.807, 2.05) is 6.07 Å². The van der Waals surface area contributed by atoms with Crippen LogP contribution >= 0.6 is 27.7 Å². The maximum absolute atomic E-state index is 13.6. The molecule has 1 fully saturated rings. The molecule has 1 aromatic carbocycles. The summed E-state index contributed by atoms with van der Waals surface area (Å²) >= 11 is 4.83. The van der Waals surface area contributed by atoms with Gasteiger partial charge in [-0.3, -0.25) is 0 Å². The van der Waals surface area contributed by atoms with Gasteiger partial charge in [-0.2, -0.15) is 0 Å². The molecule has 20 heavy (non-hydrogen) atoms. The molecule has 3 nitrogen and oxygen atoms in total. The molecule has 0 aliphatic heterocycles. The minimum Gasteiger partial charge on any atom is -0.383 e. The number of halogens is 2. The predicted molar refractivity (Wildman–Crippen MR) is 82.1 cm³/mol. The monoisotopic (exact) mass is 353 g/mol. The summed E-state index contributed by atoms with van der Waals surface area (Å²) in [5.41, 5.74) is 6.89. The number of nitrogens with zero attached hydrogens (tertiary/aromatic N) is 2. The van der Waals surface area contributed by atoms with Crippen LogP contribution in [0.15, 0.2) is 33.6 Å². The van der Waals surface area contributed by atoms with Crippen LogP contribution in [0.25, 0.3) is 0 Å². The molecule has 1 heterocycles. The van der Waals surface area contributed by atoms with Crippen LogP contribution in [0.5, 0.6) is 0 Å². The molecule has 0 radical (unpaired) electrons. The Balaban J connectivity index is 1.79. The molecule has 0 saturated heterocycles. The number of nitrogens with two attached hydrogens (primary N) is 1. The van der Waals surface area contributed by atoms with Crippen molar-refractivity contribution in [2.24, 2.45) is 0 Å². The van der Waals surface area contributed by atoms with Gasteiger partial charge in [-0.25, -0.2) is 14.4 Å². The summed E-state index contributed by atoms with van der Waals surface area (Å²) in [7, 11) is 0. The van der Waals surface area contributed by atoms with Crippen LogP contribution in [0.2, 0.25) is 0 Å². The lowest BCUT2D eigenvalue weighted by atomic mass is 10.3. The molecule has 3 rings (SSSR count). The van der Waals surface area contributed by atoms with E-state index in [-0.39, 0.29) is 5.82 Å². The lowest BCUT2D eigenvalue weighted by Crippen LogP contribution is -2.04. The summed E-state index contributed by atoms with van der Waals surface area (Å²) in [5.74, 6) is 1.90. The van der Waals surface area contributed by atoms with Crippen molar-refractivity contribution >= 4 is 33.5 Å². The van der Waals surface area contributed by atoms with E-state index >= 15 is 0 Å². The fourth-order valence-corrected chi connectivity index (χ4v) is 3.22. The Labute approximate surface area is 129 Å². The summed E-state index contributed by atoms with van der Waals surface area (Å²) < 4.78 is 14.4. The van der Waals surface area contributed by atoms with E-state index in [0.717, 1.165) is 23.0 Å². The second-order valence-corrected chi connectivity index (χ2v) is 6.53. The molecule has 0 amide bonds. The molecular formula is C14H13BrFN3S. The van der Waals surface area contributed by atoms with Gasteiger partial charge >= 0.3 is 0 Å². The second-order valence-electron chi connectivity index (χ2n) is 4.72. The summed E-state index contributed by atoms with van der Waals surface area (Å²) in [4.78, 5) is 9.43. The number of hydrogen-bond donors (Lipinski definition) is 1. The highest BCUT2D eigenvalue weighted by Crippen LogP contribution is 2.43. The third kappa shape index (κ3) is 2.96. The summed E-state index contributed by atoms with van der Waals surface area (Å²) in [6.07, 6.45) is 2.30. The van der Waals surface area contributed by atoms with Crippen molar-refractivity contribution in [2.75, 3.05) is 5.73 Å². The van der Waals surface area contributed by atoms with E-state index in [4.69, 9.17) is 5.73 Å². The van der Waals surface area contributed by atoms with E-state index < -0.39 is 0 Å². The Kier molecular flexibility index (Phi) is 3.94. The highest BCUT2D eigenvalue weighted by molar-refractivity contribution is 9.10. The fourth-order valence-electron chi connectivity index (χ4n) is 1.93. The van der Waals surface area contributed by atoms with Crippen LogP contribution in [0.1, 0.15) is 30.3 Å². The average Bonchev–Trinajstić information content (AvgIpc) is 3.26. The van der Waals surface area contributed by atoms with E-state index in [9.17, 15) is 4.39 Å². The molecule has 1 aliphatic rings. The molecular weight excluding hydrogens is 341 g/mol. The third-order valence-electron chi connectivity index (χ3n) is 3.11. The molecule has 6 heteroatoms. The minimum atomic E-state index is -0.218. The first-order chi connectivity index (χ1) is 9.65. The molecule has 2 aromatic rings. The number of thioether (sulfide) groups is 1. The third-order valence-corrected chi connectivity index (χ3v) is 4.96. The molecule has 1 aromatic heterocycles. The number of aromatic nitrogens is 2. The first-order valence-electron chi connectivity index (χ1n) is 6.34. The number of nitrogen functional groups attached to an aromatic ring is 1. The zero-order valence-corrected chi connectivity index (χ0v) is 13.0. The number of anilines is 1. The van der Waals surface area contributed by atoms with Crippen LogP contribution in [0, 0.1) is 5.82 Å². The van der Waals surface area contributed by atoms with Crippen molar-refractivity contribution in [1.82, 2.24) is 9.97 Å². The molecule has 2 N–H and O–H groups in total. The van der Waals surface area contributed by atoms with Crippen molar-refractivity contribution < 1.29 is 4.39 Å². The van der Waals surface area contributed by atoms with Gasteiger partial charge in [0, 0.05) is 10.8 Å². The Morgan fingerprint density at radius 1 is 1.30 bits per heavy atom. The lowest BCUT2D eigenvalue weighted by Gasteiger charge is -2.08. The lowest BCUT2D eigenvalue weighted by molar-refractivity contribution is 0.602. The van der Waals surface area contributed by atoms with Gasteiger partial charge in [0.2, 0.25) is 0 Å². The molecule has 0 atom stereocenters. The molecule has 104 valence electrons. The molecule has 1 aliphatic carbocycles. The highest BCUT2D eigenvalue weighted by Gasteiger charge is 2.29. The van der Waals surface area contributed by atoms with Gasteiger partial charge in [0.15, 0.2) is 0 Å². The maximum Gasteiger partial charge on any atom is 0.141 e. The Bertz CT molecular complexity index is 646. The molecule has 1 saturated carbocycles. The topological polar surface area (TPSA) is 51.8 Å². The standard InChI is InChI=1S/C14H13BrFN3S/c15-12-13(8-5-6-8)18-11(19-14(12)17)7-20-10-4-2-1-3-9(10)16/h1-4,8H,5-7H2,(H2,17,18,19). The van der Waals surface area contributed by atoms with Crippen molar-refractivity contribution in [3.05, 3.63) is 46.1 Å².